The number of methoxy groups -OCH3 is 1. The topological polar surface area (TPSA) is 68.3 Å². The highest BCUT2D eigenvalue weighted by molar-refractivity contribution is 5.93. The zero-order valence-electron chi connectivity index (χ0n) is 9.40. The number of carbonyl (C=O) groups excluding carboxylic acids is 2. The molecule has 0 aromatic carbocycles. The summed E-state index contributed by atoms with van der Waals surface area (Å²) in [6.07, 6.45) is 1.90. The van der Waals surface area contributed by atoms with E-state index in [0.717, 1.165) is 12.3 Å². The zero-order valence-corrected chi connectivity index (χ0v) is 9.40. The fourth-order valence-corrected chi connectivity index (χ4v) is 1.15. The third-order valence-electron chi connectivity index (χ3n) is 2.06. The van der Waals surface area contributed by atoms with Crippen molar-refractivity contribution in [2.45, 2.75) is 12.8 Å². The maximum absolute atomic E-state index is 12.5. The van der Waals surface area contributed by atoms with Crippen molar-refractivity contribution in [2.24, 2.45) is 0 Å². The van der Waals surface area contributed by atoms with Gasteiger partial charge >= 0.3 is 5.97 Å². The number of nitrogens with one attached hydrogen (secondary N) is 1. The van der Waals surface area contributed by atoms with Crippen LogP contribution in [-0.4, -0.2) is 30.5 Å². The second-order valence-electron chi connectivity index (χ2n) is 3.31. The number of ether oxygens (including phenoxy) is 1. The average Bonchev–Trinajstić information content (AvgIpc) is 2.34. The van der Waals surface area contributed by atoms with Gasteiger partial charge in [-0.3, -0.25) is 9.59 Å². The maximum Gasteiger partial charge on any atom is 0.305 e. The molecule has 0 unspecified atom stereocenters. The second kappa shape index (κ2) is 6.57. The van der Waals surface area contributed by atoms with Crippen LogP contribution in [0, 0.1) is 5.95 Å². The van der Waals surface area contributed by atoms with Crippen LogP contribution in [0.25, 0.3) is 0 Å². The van der Waals surface area contributed by atoms with E-state index in [9.17, 15) is 14.0 Å². The lowest BCUT2D eigenvalue weighted by molar-refractivity contribution is -0.140. The molecule has 1 heterocycles. The van der Waals surface area contributed by atoms with Crippen LogP contribution in [0.4, 0.5) is 4.39 Å². The van der Waals surface area contributed by atoms with Crippen molar-refractivity contribution in [2.75, 3.05) is 13.7 Å². The Bertz CT molecular complexity index is 392. The summed E-state index contributed by atoms with van der Waals surface area (Å²) in [4.78, 5) is 25.6. The third kappa shape index (κ3) is 4.58. The molecule has 1 N–H and O–H groups in total. The number of hydrogen-bond donors (Lipinski definition) is 1. The molecule has 5 nitrogen and oxygen atoms in total. The fraction of sp³-hybridized carbons (Fsp3) is 0.364. The van der Waals surface area contributed by atoms with E-state index in [1.807, 2.05) is 0 Å². The average molecular weight is 240 g/mol. The first-order valence-corrected chi connectivity index (χ1v) is 5.10. The van der Waals surface area contributed by atoms with Crippen molar-refractivity contribution in [3.8, 4) is 0 Å². The first kappa shape index (κ1) is 13.1. The lowest BCUT2D eigenvalue weighted by Gasteiger charge is -2.04. The van der Waals surface area contributed by atoms with E-state index < -0.39 is 5.95 Å². The van der Waals surface area contributed by atoms with Gasteiger partial charge in [0.25, 0.3) is 5.91 Å². The van der Waals surface area contributed by atoms with Gasteiger partial charge in [-0.1, -0.05) is 0 Å². The summed E-state index contributed by atoms with van der Waals surface area (Å²) in [6.45, 7) is 0.352. The third-order valence-corrected chi connectivity index (χ3v) is 2.06. The van der Waals surface area contributed by atoms with Gasteiger partial charge in [0.2, 0.25) is 5.95 Å². The molecule has 0 aliphatic carbocycles. The molecule has 1 aromatic heterocycles. The monoisotopic (exact) mass is 240 g/mol. The molecule has 92 valence electrons. The normalized spacial score (nSPS) is 9.76. The SMILES string of the molecule is COC(=O)CCCNC(=O)c1ccc(F)nc1. The van der Waals surface area contributed by atoms with E-state index >= 15 is 0 Å². The molecule has 0 radical (unpaired) electrons. The van der Waals surface area contributed by atoms with Crippen LogP contribution in [0.1, 0.15) is 23.2 Å². The van der Waals surface area contributed by atoms with Crippen LogP contribution in [-0.2, 0) is 9.53 Å². The predicted octanol–water partition coefficient (Wildman–Crippen LogP) is 0.904. The number of hydrogen-bond acceptors (Lipinski definition) is 4. The lowest BCUT2D eigenvalue weighted by Crippen LogP contribution is -2.25. The predicted molar refractivity (Wildman–Crippen MR) is 57.8 cm³/mol. The number of pyridine rings is 1. The second-order valence-corrected chi connectivity index (χ2v) is 3.31. The molecule has 0 fully saturated rings. The minimum absolute atomic E-state index is 0.248. The van der Waals surface area contributed by atoms with Crippen molar-refractivity contribution in [1.29, 1.82) is 0 Å². The van der Waals surface area contributed by atoms with Crippen LogP contribution < -0.4 is 5.32 Å². The number of esters is 1. The molecule has 0 aliphatic rings. The minimum Gasteiger partial charge on any atom is -0.469 e. The van der Waals surface area contributed by atoms with E-state index in [0.29, 0.717) is 13.0 Å². The molecule has 0 saturated carbocycles. The largest absolute Gasteiger partial charge is 0.469 e. The van der Waals surface area contributed by atoms with Gasteiger partial charge in [0.05, 0.1) is 12.7 Å². The summed E-state index contributed by atoms with van der Waals surface area (Å²) in [5.74, 6) is -1.29. The summed E-state index contributed by atoms with van der Waals surface area (Å²) in [6, 6.07) is 2.46. The highest BCUT2D eigenvalue weighted by atomic mass is 19.1. The van der Waals surface area contributed by atoms with Crippen LogP contribution in [0.2, 0.25) is 0 Å². The Labute approximate surface area is 98.0 Å². The Morgan fingerprint density at radius 3 is 2.82 bits per heavy atom. The lowest BCUT2D eigenvalue weighted by atomic mass is 10.2. The first-order chi connectivity index (χ1) is 8.13. The molecule has 0 atom stereocenters. The van der Waals surface area contributed by atoms with Crippen LogP contribution >= 0.6 is 0 Å². The quantitative estimate of drug-likeness (QED) is 0.471. The maximum atomic E-state index is 12.5. The van der Waals surface area contributed by atoms with Crippen LogP contribution in [0.3, 0.4) is 0 Å². The summed E-state index contributed by atoms with van der Waals surface area (Å²) in [5, 5.41) is 2.59. The molecule has 1 aromatic rings. The van der Waals surface area contributed by atoms with Crippen molar-refractivity contribution in [3.63, 3.8) is 0 Å². The Kier molecular flexibility index (Phi) is 5.06. The Morgan fingerprint density at radius 1 is 1.47 bits per heavy atom. The summed E-state index contributed by atoms with van der Waals surface area (Å²) in [5.41, 5.74) is 0.282. The van der Waals surface area contributed by atoms with E-state index in [4.69, 9.17) is 0 Å². The van der Waals surface area contributed by atoms with Crippen LogP contribution in [0.15, 0.2) is 18.3 Å². The van der Waals surface area contributed by atoms with E-state index in [1.165, 1.54) is 13.2 Å². The standard InChI is InChI=1S/C11H13FN2O3/c1-17-10(15)3-2-6-13-11(16)8-4-5-9(12)14-7-8/h4-5,7H,2-3,6H2,1H3,(H,13,16). The Morgan fingerprint density at radius 2 is 2.24 bits per heavy atom. The van der Waals surface area contributed by atoms with Gasteiger partial charge in [-0.05, 0) is 18.6 Å². The molecular formula is C11H13FN2O3. The number of aromatic nitrogens is 1. The number of rotatable bonds is 5. The van der Waals surface area contributed by atoms with Gasteiger partial charge in [0.1, 0.15) is 0 Å². The zero-order chi connectivity index (χ0) is 12.7. The fourth-order valence-electron chi connectivity index (χ4n) is 1.15. The first-order valence-electron chi connectivity index (χ1n) is 5.10. The summed E-state index contributed by atoms with van der Waals surface area (Å²) < 4.78 is 16.9. The smallest absolute Gasteiger partial charge is 0.305 e. The van der Waals surface area contributed by atoms with Crippen LogP contribution in [0.5, 0.6) is 0 Å². The van der Waals surface area contributed by atoms with E-state index in [-0.39, 0.29) is 23.9 Å². The molecule has 1 rings (SSSR count). The summed E-state index contributed by atoms with van der Waals surface area (Å²) in [7, 11) is 1.31. The van der Waals surface area contributed by atoms with Gasteiger partial charge < -0.3 is 10.1 Å². The molecular weight excluding hydrogens is 227 g/mol. The highest BCUT2D eigenvalue weighted by Gasteiger charge is 2.06. The minimum atomic E-state index is -0.632. The molecule has 1 amide bonds. The van der Waals surface area contributed by atoms with Crippen molar-refractivity contribution < 1.29 is 18.7 Å². The Hall–Kier alpha value is -1.98. The van der Waals surface area contributed by atoms with Crippen molar-refractivity contribution >= 4 is 11.9 Å². The molecule has 0 saturated heterocycles. The van der Waals surface area contributed by atoms with Gasteiger partial charge in [0, 0.05) is 19.2 Å². The van der Waals surface area contributed by atoms with Gasteiger partial charge in [-0.25, -0.2) is 4.98 Å². The van der Waals surface area contributed by atoms with Gasteiger partial charge in [-0.15, -0.1) is 0 Å². The molecule has 0 bridgehead atoms. The molecule has 0 aliphatic heterocycles. The molecule has 6 heteroatoms. The highest BCUT2D eigenvalue weighted by Crippen LogP contribution is 1.99. The molecule has 0 spiro atoms. The number of carbonyl (C=O) groups is 2. The van der Waals surface area contributed by atoms with Gasteiger partial charge in [0.15, 0.2) is 0 Å². The Balaban J connectivity index is 2.30. The number of nitrogens with zero attached hydrogens (tertiary/aromatic N) is 1. The molecule has 17 heavy (non-hydrogen) atoms. The van der Waals surface area contributed by atoms with Crippen molar-refractivity contribution in [3.05, 3.63) is 29.8 Å². The number of halogens is 1. The van der Waals surface area contributed by atoms with Crippen molar-refractivity contribution in [1.82, 2.24) is 10.3 Å². The summed E-state index contributed by atoms with van der Waals surface area (Å²) >= 11 is 0. The van der Waals surface area contributed by atoms with Gasteiger partial charge in [-0.2, -0.15) is 4.39 Å². The van der Waals surface area contributed by atoms with E-state index in [2.05, 4.69) is 15.0 Å². The number of amides is 1. The van der Waals surface area contributed by atoms with E-state index in [1.54, 1.807) is 0 Å².